The molecule has 0 spiro atoms. The van der Waals surface area contributed by atoms with Crippen LogP contribution < -0.4 is 4.74 Å². The average Bonchev–Trinajstić information content (AvgIpc) is 2.40. The highest BCUT2D eigenvalue weighted by molar-refractivity contribution is 9.09. The third-order valence-corrected chi connectivity index (χ3v) is 3.47. The summed E-state index contributed by atoms with van der Waals surface area (Å²) in [5, 5.41) is 0. The lowest BCUT2D eigenvalue weighted by molar-refractivity contribution is 0.414. The van der Waals surface area contributed by atoms with Gasteiger partial charge in [-0.15, -0.1) is 0 Å². The number of halogens is 1. The van der Waals surface area contributed by atoms with Gasteiger partial charge in [0, 0.05) is 17.2 Å². The second-order valence-corrected chi connectivity index (χ2v) is 4.91. The summed E-state index contributed by atoms with van der Waals surface area (Å²) in [6.45, 7) is 0. The van der Waals surface area contributed by atoms with Crippen molar-refractivity contribution in [3.63, 3.8) is 0 Å². The number of pyridine rings is 1. The second-order valence-electron chi connectivity index (χ2n) is 3.80. The molecule has 1 atom stereocenters. The summed E-state index contributed by atoms with van der Waals surface area (Å²) >= 11 is 3.71. The molecule has 1 aromatic heterocycles. The van der Waals surface area contributed by atoms with Crippen LogP contribution in [0.15, 0.2) is 48.8 Å². The first-order valence-corrected chi connectivity index (χ1v) is 6.38. The van der Waals surface area contributed by atoms with Gasteiger partial charge in [-0.2, -0.15) is 0 Å². The van der Waals surface area contributed by atoms with Crippen LogP contribution in [0.25, 0.3) is 0 Å². The van der Waals surface area contributed by atoms with E-state index < -0.39 is 0 Å². The van der Waals surface area contributed by atoms with Crippen molar-refractivity contribution in [2.45, 2.75) is 11.2 Å². The molecule has 1 aromatic carbocycles. The molecule has 1 heterocycles. The van der Waals surface area contributed by atoms with E-state index >= 15 is 0 Å². The van der Waals surface area contributed by atoms with Crippen LogP contribution in [-0.4, -0.2) is 12.1 Å². The number of hydrogen-bond donors (Lipinski definition) is 0. The SMILES string of the molecule is COc1cccc(C(Br)Cc2ccncc2)c1. The average molecular weight is 292 g/mol. The van der Waals surface area contributed by atoms with Crippen LogP contribution in [0.4, 0.5) is 0 Å². The predicted octanol–water partition coefficient (Wildman–Crippen LogP) is 3.77. The van der Waals surface area contributed by atoms with Crippen LogP contribution in [-0.2, 0) is 6.42 Å². The van der Waals surface area contributed by atoms with E-state index in [9.17, 15) is 0 Å². The largest absolute Gasteiger partial charge is 0.497 e. The van der Waals surface area contributed by atoms with Gasteiger partial charge in [-0.25, -0.2) is 0 Å². The molecule has 0 saturated carbocycles. The zero-order valence-electron chi connectivity index (χ0n) is 9.64. The minimum atomic E-state index is 0.292. The van der Waals surface area contributed by atoms with E-state index in [1.165, 1.54) is 11.1 Å². The molecule has 0 aliphatic heterocycles. The molecule has 1 unspecified atom stereocenters. The molecule has 0 aliphatic carbocycles. The number of rotatable bonds is 4. The van der Waals surface area contributed by atoms with Crippen LogP contribution in [0.1, 0.15) is 16.0 Å². The first-order valence-electron chi connectivity index (χ1n) is 5.46. The monoisotopic (exact) mass is 291 g/mol. The summed E-state index contributed by atoms with van der Waals surface area (Å²) in [6.07, 6.45) is 4.58. The van der Waals surface area contributed by atoms with Gasteiger partial charge in [-0.05, 0) is 41.8 Å². The summed E-state index contributed by atoms with van der Waals surface area (Å²) in [7, 11) is 1.69. The van der Waals surface area contributed by atoms with Crippen molar-refractivity contribution in [1.82, 2.24) is 4.98 Å². The normalized spacial score (nSPS) is 12.1. The van der Waals surface area contributed by atoms with Gasteiger partial charge < -0.3 is 4.74 Å². The fourth-order valence-corrected chi connectivity index (χ4v) is 2.34. The molecular formula is C14H14BrNO. The topological polar surface area (TPSA) is 22.1 Å². The maximum Gasteiger partial charge on any atom is 0.119 e. The zero-order chi connectivity index (χ0) is 12.1. The molecule has 2 rings (SSSR count). The molecule has 0 N–H and O–H groups in total. The Morgan fingerprint density at radius 3 is 2.71 bits per heavy atom. The number of methoxy groups -OCH3 is 1. The Labute approximate surface area is 110 Å². The molecule has 0 fully saturated rings. The highest BCUT2D eigenvalue weighted by Crippen LogP contribution is 2.29. The van der Waals surface area contributed by atoms with Crippen molar-refractivity contribution < 1.29 is 4.74 Å². The Hall–Kier alpha value is -1.35. The van der Waals surface area contributed by atoms with Crippen molar-refractivity contribution in [1.29, 1.82) is 0 Å². The number of aromatic nitrogens is 1. The van der Waals surface area contributed by atoms with Gasteiger partial charge in [-0.3, -0.25) is 4.98 Å². The van der Waals surface area contributed by atoms with E-state index in [0.29, 0.717) is 4.83 Å². The Kier molecular flexibility index (Phi) is 4.15. The standard InChI is InChI=1S/C14H14BrNO/c1-17-13-4-2-3-12(10-13)14(15)9-11-5-7-16-8-6-11/h2-8,10,14H,9H2,1H3. The Morgan fingerprint density at radius 2 is 2.00 bits per heavy atom. The molecule has 2 nitrogen and oxygen atoms in total. The fourth-order valence-electron chi connectivity index (χ4n) is 1.68. The van der Waals surface area contributed by atoms with Gasteiger partial charge in [0.25, 0.3) is 0 Å². The number of ether oxygens (including phenoxy) is 1. The molecule has 0 aliphatic rings. The second kappa shape index (κ2) is 5.82. The van der Waals surface area contributed by atoms with E-state index in [4.69, 9.17) is 4.74 Å². The first kappa shape index (κ1) is 12.1. The summed E-state index contributed by atoms with van der Waals surface area (Å²) in [5.41, 5.74) is 2.49. The van der Waals surface area contributed by atoms with Crippen molar-refractivity contribution in [2.75, 3.05) is 7.11 Å². The quantitative estimate of drug-likeness (QED) is 0.800. The lowest BCUT2D eigenvalue weighted by atomic mass is 10.1. The lowest BCUT2D eigenvalue weighted by Gasteiger charge is -2.11. The summed E-state index contributed by atoms with van der Waals surface area (Å²) in [6, 6.07) is 12.2. The molecule has 0 amide bonds. The highest BCUT2D eigenvalue weighted by Gasteiger charge is 2.09. The van der Waals surface area contributed by atoms with E-state index in [1.807, 2.05) is 36.7 Å². The summed E-state index contributed by atoms with van der Waals surface area (Å²) in [4.78, 5) is 4.31. The van der Waals surface area contributed by atoms with Crippen molar-refractivity contribution in [2.24, 2.45) is 0 Å². The van der Waals surface area contributed by atoms with Crippen LogP contribution in [0, 0.1) is 0 Å². The predicted molar refractivity (Wildman–Crippen MR) is 72.6 cm³/mol. The Bertz CT molecular complexity index is 473. The van der Waals surface area contributed by atoms with Crippen molar-refractivity contribution in [3.8, 4) is 5.75 Å². The maximum atomic E-state index is 5.22. The molecule has 17 heavy (non-hydrogen) atoms. The smallest absolute Gasteiger partial charge is 0.119 e. The van der Waals surface area contributed by atoms with Crippen molar-refractivity contribution >= 4 is 15.9 Å². The molecule has 2 aromatic rings. The maximum absolute atomic E-state index is 5.22. The molecule has 0 radical (unpaired) electrons. The van der Waals surface area contributed by atoms with Crippen LogP contribution in [0.3, 0.4) is 0 Å². The van der Waals surface area contributed by atoms with Crippen LogP contribution in [0.5, 0.6) is 5.75 Å². The molecule has 0 bridgehead atoms. The number of hydrogen-bond acceptors (Lipinski definition) is 2. The van der Waals surface area contributed by atoms with Gasteiger partial charge >= 0.3 is 0 Å². The van der Waals surface area contributed by atoms with E-state index in [2.05, 4.69) is 33.0 Å². The molecule has 3 heteroatoms. The highest BCUT2D eigenvalue weighted by atomic mass is 79.9. The third-order valence-electron chi connectivity index (χ3n) is 2.62. The van der Waals surface area contributed by atoms with E-state index in [1.54, 1.807) is 7.11 Å². The Balaban J connectivity index is 2.11. The Morgan fingerprint density at radius 1 is 1.24 bits per heavy atom. The van der Waals surface area contributed by atoms with Gasteiger partial charge in [0.05, 0.1) is 7.11 Å². The summed E-state index contributed by atoms with van der Waals surface area (Å²) in [5.74, 6) is 0.890. The van der Waals surface area contributed by atoms with Gasteiger partial charge in [0.15, 0.2) is 0 Å². The lowest BCUT2D eigenvalue weighted by Crippen LogP contribution is -1.96. The third kappa shape index (κ3) is 3.30. The van der Waals surface area contributed by atoms with Crippen molar-refractivity contribution in [3.05, 3.63) is 59.9 Å². The molecule has 0 saturated heterocycles. The van der Waals surface area contributed by atoms with Gasteiger partial charge in [0.1, 0.15) is 5.75 Å². The van der Waals surface area contributed by atoms with Crippen LogP contribution in [0.2, 0.25) is 0 Å². The van der Waals surface area contributed by atoms with Gasteiger partial charge in [0.2, 0.25) is 0 Å². The van der Waals surface area contributed by atoms with Gasteiger partial charge in [-0.1, -0.05) is 28.1 Å². The number of nitrogens with zero attached hydrogens (tertiary/aromatic N) is 1. The fraction of sp³-hybridized carbons (Fsp3) is 0.214. The zero-order valence-corrected chi connectivity index (χ0v) is 11.2. The minimum Gasteiger partial charge on any atom is -0.497 e. The number of alkyl halides is 1. The minimum absolute atomic E-state index is 0.292. The molecule has 88 valence electrons. The molecular weight excluding hydrogens is 278 g/mol. The number of benzene rings is 1. The van der Waals surface area contributed by atoms with E-state index in [0.717, 1.165) is 12.2 Å². The van der Waals surface area contributed by atoms with Crippen LogP contribution >= 0.6 is 15.9 Å². The summed E-state index contributed by atoms with van der Waals surface area (Å²) < 4.78 is 5.22. The first-order chi connectivity index (χ1) is 8.29. The van der Waals surface area contributed by atoms with E-state index in [-0.39, 0.29) is 0 Å².